The van der Waals surface area contributed by atoms with Crippen LogP contribution in [-0.2, 0) is 21.4 Å². The number of hydrogen-bond donors (Lipinski definition) is 0. The third-order valence-electron chi connectivity index (χ3n) is 6.36. The number of hydrogen-bond acceptors (Lipinski definition) is 5. The molecular weight excluding hydrogens is 418 g/mol. The third-order valence-corrected chi connectivity index (χ3v) is 6.36. The summed E-state index contributed by atoms with van der Waals surface area (Å²) in [6.45, 7) is 6.27. The molecule has 0 bridgehead atoms. The lowest BCUT2D eigenvalue weighted by Crippen LogP contribution is -2.46. The zero-order chi connectivity index (χ0) is 23.2. The number of carbonyl (C=O) groups excluding carboxylic acids is 2. The largest absolute Gasteiger partial charge is 0.379 e. The Labute approximate surface area is 195 Å². The second kappa shape index (κ2) is 10.8. The van der Waals surface area contributed by atoms with Crippen molar-refractivity contribution in [2.24, 2.45) is 12.1 Å². The summed E-state index contributed by atoms with van der Waals surface area (Å²) in [4.78, 5) is 30.1. The third kappa shape index (κ3) is 5.51. The molecular formula is C25H33N5O3. The van der Waals surface area contributed by atoms with Crippen molar-refractivity contribution in [1.29, 1.82) is 0 Å². The maximum absolute atomic E-state index is 13.5. The van der Waals surface area contributed by atoms with Crippen LogP contribution in [0.25, 0.3) is 0 Å². The highest BCUT2D eigenvalue weighted by Crippen LogP contribution is 2.32. The highest BCUT2D eigenvalue weighted by atomic mass is 16.5. The van der Waals surface area contributed by atoms with E-state index in [4.69, 9.17) is 9.84 Å². The van der Waals surface area contributed by atoms with Crippen LogP contribution in [0.2, 0.25) is 0 Å². The fourth-order valence-corrected chi connectivity index (χ4v) is 4.43. The topological polar surface area (TPSA) is 70.4 Å². The highest BCUT2D eigenvalue weighted by Gasteiger charge is 2.34. The number of carbonyl (C=O) groups is 2. The van der Waals surface area contributed by atoms with E-state index in [2.05, 4.69) is 4.90 Å². The van der Waals surface area contributed by atoms with E-state index < -0.39 is 0 Å². The molecule has 0 unspecified atom stereocenters. The highest BCUT2D eigenvalue weighted by molar-refractivity contribution is 6.02. The van der Waals surface area contributed by atoms with Crippen LogP contribution in [0.4, 0.5) is 0 Å². The summed E-state index contributed by atoms with van der Waals surface area (Å²) in [5.41, 5.74) is 2.92. The maximum Gasteiger partial charge on any atom is 0.262 e. The van der Waals surface area contributed by atoms with Gasteiger partial charge < -0.3 is 14.2 Å². The van der Waals surface area contributed by atoms with Crippen LogP contribution in [-0.4, -0.2) is 82.8 Å². The summed E-state index contributed by atoms with van der Waals surface area (Å²) < 4.78 is 7.43. The van der Waals surface area contributed by atoms with Crippen LogP contribution >= 0.6 is 0 Å². The van der Waals surface area contributed by atoms with Gasteiger partial charge in [-0.2, -0.15) is 5.10 Å². The van der Waals surface area contributed by atoms with Crippen molar-refractivity contribution in [2.45, 2.75) is 25.8 Å². The van der Waals surface area contributed by atoms with Gasteiger partial charge in [0.05, 0.1) is 30.7 Å². The summed E-state index contributed by atoms with van der Waals surface area (Å²) in [5.74, 6) is -0.171. The van der Waals surface area contributed by atoms with Crippen LogP contribution in [0.5, 0.6) is 0 Å². The van der Waals surface area contributed by atoms with E-state index in [0.717, 1.165) is 36.6 Å². The Morgan fingerprint density at radius 3 is 2.55 bits per heavy atom. The van der Waals surface area contributed by atoms with E-state index in [1.54, 1.807) is 9.91 Å². The number of hydrazone groups is 1. The number of benzene rings is 1. The van der Waals surface area contributed by atoms with Crippen LogP contribution in [0.3, 0.4) is 0 Å². The molecule has 2 aliphatic heterocycles. The fourth-order valence-electron chi connectivity index (χ4n) is 4.43. The molecule has 0 N–H and O–H groups in total. The zero-order valence-corrected chi connectivity index (χ0v) is 19.5. The monoisotopic (exact) mass is 451 g/mol. The molecule has 2 aromatic rings. The molecule has 8 heteroatoms. The van der Waals surface area contributed by atoms with Crippen molar-refractivity contribution in [3.8, 4) is 0 Å². The van der Waals surface area contributed by atoms with Gasteiger partial charge >= 0.3 is 0 Å². The van der Waals surface area contributed by atoms with E-state index in [9.17, 15) is 9.59 Å². The molecule has 0 spiro atoms. The van der Waals surface area contributed by atoms with Crippen molar-refractivity contribution in [3.05, 3.63) is 59.9 Å². The molecule has 1 saturated heterocycles. The van der Waals surface area contributed by atoms with Gasteiger partial charge in [-0.05, 0) is 17.7 Å². The van der Waals surface area contributed by atoms with Crippen molar-refractivity contribution < 1.29 is 14.3 Å². The number of nitrogens with zero attached hydrogens (tertiary/aromatic N) is 5. The minimum Gasteiger partial charge on any atom is -0.379 e. The fraction of sp³-hybridized carbons (Fsp3) is 0.480. The standard InChI is InChI=1S/C25H33N5O3/c1-3-24(31)29(13-12-28-14-16-33-17-15-28)19-25(32)30-23(20-8-5-4-6-9-20)18-21(26-30)22-10-7-11-27(22)2/h4-11,23H,3,12-19H2,1-2H3/t23-/m1/s1. The molecule has 3 heterocycles. The van der Waals surface area contributed by atoms with Crippen molar-refractivity contribution in [2.75, 3.05) is 45.9 Å². The van der Waals surface area contributed by atoms with E-state index in [1.165, 1.54) is 0 Å². The summed E-state index contributed by atoms with van der Waals surface area (Å²) >= 11 is 0. The molecule has 0 saturated carbocycles. The van der Waals surface area contributed by atoms with Crippen LogP contribution < -0.4 is 0 Å². The number of rotatable bonds is 8. The minimum atomic E-state index is -0.179. The van der Waals surface area contributed by atoms with Crippen LogP contribution in [0, 0.1) is 0 Å². The van der Waals surface area contributed by atoms with Gasteiger partial charge in [0, 0.05) is 52.3 Å². The molecule has 0 aliphatic carbocycles. The van der Waals surface area contributed by atoms with E-state index in [1.807, 2.05) is 67.2 Å². The van der Waals surface area contributed by atoms with Gasteiger partial charge in [0.2, 0.25) is 5.91 Å². The summed E-state index contributed by atoms with van der Waals surface area (Å²) in [6.07, 6.45) is 2.99. The Balaban J connectivity index is 1.52. The minimum absolute atomic E-state index is 0.0151. The Morgan fingerprint density at radius 2 is 1.88 bits per heavy atom. The molecule has 2 aliphatic rings. The first-order valence-electron chi connectivity index (χ1n) is 11.7. The van der Waals surface area contributed by atoms with Gasteiger partial charge in [-0.1, -0.05) is 37.3 Å². The first-order chi connectivity index (χ1) is 16.1. The molecule has 2 amide bonds. The Morgan fingerprint density at radius 1 is 1.12 bits per heavy atom. The normalized spacial score (nSPS) is 18.9. The molecule has 33 heavy (non-hydrogen) atoms. The SMILES string of the molecule is CCC(=O)N(CCN1CCOCC1)CC(=O)N1N=C(c2cccn2C)C[C@@H]1c1ccccc1. The van der Waals surface area contributed by atoms with Crippen LogP contribution in [0.1, 0.15) is 37.1 Å². The Bertz CT molecular complexity index is 981. The van der Waals surface area contributed by atoms with Gasteiger partial charge in [0.15, 0.2) is 0 Å². The van der Waals surface area contributed by atoms with Gasteiger partial charge in [-0.15, -0.1) is 0 Å². The first-order valence-corrected chi connectivity index (χ1v) is 11.7. The summed E-state index contributed by atoms with van der Waals surface area (Å²) in [7, 11) is 1.98. The molecule has 176 valence electrons. The second-order valence-electron chi connectivity index (χ2n) is 8.54. The lowest BCUT2D eigenvalue weighted by molar-refractivity contribution is -0.141. The van der Waals surface area contributed by atoms with Crippen molar-refractivity contribution in [1.82, 2.24) is 19.4 Å². The average molecular weight is 452 g/mol. The maximum atomic E-state index is 13.5. The van der Waals surface area contributed by atoms with Gasteiger partial charge in [0.25, 0.3) is 5.91 Å². The Kier molecular flexibility index (Phi) is 7.57. The number of ether oxygens (including phenoxy) is 1. The van der Waals surface area contributed by atoms with Gasteiger partial charge in [-0.25, -0.2) is 5.01 Å². The molecule has 1 aromatic heterocycles. The molecule has 1 aromatic carbocycles. The van der Waals surface area contributed by atoms with E-state index >= 15 is 0 Å². The van der Waals surface area contributed by atoms with E-state index in [0.29, 0.717) is 32.6 Å². The number of aromatic nitrogens is 1. The summed E-state index contributed by atoms with van der Waals surface area (Å²) in [5, 5.41) is 6.34. The Hall–Kier alpha value is -2.97. The zero-order valence-electron chi connectivity index (χ0n) is 19.5. The molecule has 0 radical (unpaired) electrons. The quantitative estimate of drug-likeness (QED) is 0.617. The molecule has 4 rings (SSSR count). The van der Waals surface area contributed by atoms with Crippen molar-refractivity contribution in [3.63, 3.8) is 0 Å². The lowest BCUT2D eigenvalue weighted by atomic mass is 10.0. The average Bonchev–Trinajstić information content (AvgIpc) is 3.48. The number of aryl methyl sites for hydroxylation is 1. The van der Waals surface area contributed by atoms with Gasteiger partial charge in [-0.3, -0.25) is 14.5 Å². The number of amides is 2. The molecule has 1 atom stereocenters. The summed E-state index contributed by atoms with van der Waals surface area (Å²) in [6, 6.07) is 13.8. The predicted molar refractivity (Wildman–Crippen MR) is 127 cm³/mol. The molecule has 8 nitrogen and oxygen atoms in total. The van der Waals surface area contributed by atoms with Crippen LogP contribution in [0.15, 0.2) is 53.8 Å². The van der Waals surface area contributed by atoms with E-state index in [-0.39, 0.29) is 24.4 Å². The first kappa shape index (κ1) is 23.2. The lowest BCUT2D eigenvalue weighted by Gasteiger charge is -2.31. The predicted octanol–water partition coefficient (Wildman–Crippen LogP) is 2.27. The molecule has 1 fully saturated rings. The van der Waals surface area contributed by atoms with Crippen molar-refractivity contribution >= 4 is 17.5 Å². The van der Waals surface area contributed by atoms with Gasteiger partial charge in [0.1, 0.15) is 6.54 Å². The number of morpholine rings is 1. The second-order valence-corrected chi connectivity index (χ2v) is 8.54. The smallest absolute Gasteiger partial charge is 0.262 e.